The molecular weight excluding hydrogens is 288 g/mol. The summed E-state index contributed by atoms with van der Waals surface area (Å²) in [6.07, 6.45) is 3.49. The maximum atomic E-state index is 11.2. The van der Waals surface area contributed by atoms with Crippen LogP contribution in [0.1, 0.15) is 5.69 Å². The van der Waals surface area contributed by atoms with Gasteiger partial charge < -0.3 is 15.6 Å². The van der Waals surface area contributed by atoms with Crippen LogP contribution in [0.3, 0.4) is 0 Å². The summed E-state index contributed by atoms with van der Waals surface area (Å²) in [6, 6.07) is 0. The van der Waals surface area contributed by atoms with E-state index >= 15 is 0 Å². The van der Waals surface area contributed by atoms with Gasteiger partial charge in [-0.3, -0.25) is 0 Å². The molecule has 0 amide bonds. The van der Waals surface area contributed by atoms with Crippen LogP contribution in [0.4, 0.5) is 0 Å². The third kappa shape index (κ3) is 3.96. The molecule has 0 saturated carbocycles. The number of imidazole rings is 1. The van der Waals surface area contributed by atoms with E-state index in [1.165, 1.54) is 0 Å². The third-order valence-electron chi connectivity index (χ3n) is 2.22. The molecule has 0 atom stereocenters. The van der Waals surface area contributed by atoms with Crippen molar-refractivity contribution in [1.82, 2.24) is 20.6 Å². The number of rotatable bonds is 5. The molecule has 0 saturated heterocycles. The number of aromatic nitrogens is 2. The Morgan fingerprint density at radius 2 is 2.16 bits per heavy atom. The van der Waals surface area contributed by atoms with Gasteiger partial charge in [0.05, 0.1) is 12.0 Å². The lowest BCUT2D eigenvalue weighted by molar-refractivity contribution is 0.600. The molecule has 19 heavy (non-hydrogen) atoms. The number of hydrogen-bond acceptors (Lipinski definition) is 6. The first kappa shape index (κ1) is 13.9. The smallest absolute Gasteiger partial charge is 0.367 e. The SMILES string of the molecule is CNC1=NS(=O)(=O)N=C1NCCSCc1c[nH]cn1. The van der Waals surface area contributed by atoms with E-state index in [1.54, 1.807) is 25.1 Å². The largest absolute Gasteiger partial charge is 0.369 e. The molecule has 1 aliphatic heterocycles. The van der Waals surface area contributed by atoms with Crippen LogP contribution in [-0.4, -0.2) is 49.4 Å². The first-order chi connectivity index (χ1) is 9.11. The molecule has 0 unspecified atom stereocenters. The first-order valence-electron chi connectivity index (χ1n) is 5.53. The van der Waals surface area contributed by atoms with E-state index in [-0.39, 0.29) is 11.7 Å². The molecule has 1 aromatic heterocycles. The number of thioether (sulfide) groups is 1. The quantitative estimate of drug-likeness (QED) is 0.633. The molecular formula is C9H14N6O2S2. The van der Waals surface area contributed by atoms with Crippen molar-refractivity contribution in [3.63, 3.8) is 0 Å². The molecule has 8 nitrogen and oxygen atoms in total. The lowest BCUT2D eigenvalue weighted by Crippen LogP contribution is -2.37. The second-order valence-electron chi connectivity index (χ2n) is 3.62. The van der Waals surface area contributed by atoms with Crippen molar-refractivity contribution in [3.8, 4) is 0 Å². The molecule has 3 N–H and O–H groups in total. The van der Waals surface area contributed by atoms with Crippen LogP contribution < -0.4 is 10.6 Å². The Hall–Kier alpha value is -1.55. The number of H-pyrrole nitrogens is 1. The second-order valence-corrected chi connectivity index (χ2v) is 5.98. The van der Waals surface area contributed by atoms with Gasteiger partial charge in [-0.1, -0.05) is 0 Å². The van der Waals surface area contributed by atoms with E-state index in [9.17, 15) is 8.42 Å². The maximum absolute atomic E-state index is 11.2. The van der Waals surface area contributed by atoms with Gasteiger partial charge in [-0.15, -0.1) is 8.80 Å². The fourth-order valence-corrected chi connectivity index (χ4v) is 2.99. The van der Waals surface area contributed by atoms with Crippen molar-refractivity contribution in [2.75, 3.05) is 19.3 Å². The van der Waals surface area contributed by atoms with Crippen molar-refractivity contribution in [3.05, 3.63) is 18.2 Å². The van der Waals surface area contributed by atoms with Gasteiger partial charge in [-0.05, 0) is 0 Å². The monoisotopic (exact) mass is 302 g/mol. The van der Waals surface area contributed by atoms with E-state index in [2.05, 4.69) is 29.4 Å². The van der Waals surface area contributed by atoms with Gasteiger partial charge in [-0.25, -0.2) is 4.98 Å². The molecule has 1 aromatic rings. The highest BCUT2D eigenvalue weighted by Crippen LogP contribution is 2.08. The Balaban J connectivity index is 1.73. The predicted molar refractivity (Wildman–Crippen MR) is 75.6 cm³/mol. The molecule has 0 spiro atoms. The van der Waals surface area contributed by atoms with Gasteiger partial charge in [0.1, 0.15) is 0 Å². The highest BCUT2D eigenvalue weighted by Gasteiger charge is 2.22. The Morgan fingerprint density at radius 1 is 1.37 bits per heavy atom. The van der Waals surface area contributed by atoms with E-state index < -0.39 is 10.2 Å². The van der Waals surface area contributed by atoms with E-state index in [0.717, 1.165) is 17.2 Å². The molecule has 0 bridgehead atoms. The van der Waals surface area contributed by atoms with Crippen molar-refractivity contribution in [2.24, 2.45) is 8.80 Å². The molecule has 2 heterocycles. The predicted octanol–water partition coefficient (Wildman–Crippen LogP) is -0.493. The number of aromatic amines is 1. The first-order valence-corrected chi connectivity index (χ1v) is 8.08. The topological polar surface area (TPSA) is 112 Å². The van der Waals surface area contributed by atoms with E-state index in [0.29, 0.717) is 6.54 Å². The zero-order chi connectivity index (χ0) is 13.7. The fraction of sp³-hybridized carbons (Fsp3) is 0.444. The fourth-order valence-electron chi connectivity index (χ4n) is 1.41. The molecule has 10 heteroatoms. The average molecular weight is 302 g/mol. The molecule has 0 radical (unpaired) electrons. The lowest BCUT2D eigenvalue weighted by atomic mass is 10.5. The number of amidine groups is 2. The minimum atomic E-state index is -3.70. The Labute approximate surface area is 115 Å². The summed E-state index contributed by atoms with van der Waals surface area (Å²) in [5, 5.41) is 5.64. The Kier molecular flexibility index (Phi) is 4.43. The van der Waals surface area contributed by atoms with Gasteiger partial charge in [0.15, 0.2) is 11.7 Å². The van der Waals surface area contributed by atoms with Crippen LogP contribution >= 0.6 is 11.8 Å². The standard InChI is InChI=1S/C9H14N6O2S2/c1-10-8-9(15-19(16,17)14-8)12-2-3-18-5-7-4-11-6-13-7/h4,6H,2-3,5H2,1H3,(H,10,14)(H,11,13)(H,12,15). The van der Waals surface area contributed by atoms with Crippen LogP contribution in [0.5, 0.6) is 0 Å². The molecule has 0 fully saturated rings. The number of nitrogens with zero attached hydrogens (tertiary/aromatic N) is 3. The summed E-state index contributed by atoms with van der Waals surface area (Å²) in [7, 11) is -2.10. The van der Waals surface area contributed by atoms with Crippen LogP contribution in [0.25, 0.3) is 0 Å². The second kappa shape index (κ2) is 6.06. The summed E-state index contributed by atoms with van der Waals surface area (Å²) in [4.78, 5) is 6.99. The van der Waals surface area contributed by atoms with Gasteiger partial charge in [0.25, 0.3) is 0 Å². The maximum Gasteiger partial charge on any atom is 0.367 e. The summed E-state index contributed by atoms with van der Waals surface area (Å²) >= 11 is 1.69. The van der Waals surface area contributed by atoms with Gasteiger partial charge >= 0.3 is 10.2 Å². The minimum absolute atomic E-state index is 0.248. The molecule has 1 aliphatic rings. The van der Waals surface area contributed by atoms with Crippen LogP contribution in [-0.2, 0) is 16.0 Å². The molecule has 104 valence electrons. The van der Waals surface area contributed by atoms with E-state index in [1.807, 2.05) is 6.20 Å². The normalized spacial score (nSPS) is 16.9. The van der Waals surface area contributed by atoms with Crippen LogP contribution in [0.15, 0.2) is 21.3 Å². The highest BCUT2D eigenvalue weighted by atomic mass is 32.2. The number of hydrogen-bond donors (Lipinski definition) is 3. The zero-order valence-electron chi connectivity index (χ0n) is 10.3. The summed E-state index contributed by atoms with van der Waals surface area (Å²) in [5.74, 6) is 2.13. The van der Waals surface area contributed by atoms with Crippen molar-refractivity contribution in [1.29, 1.82) is 0 Å². The average Bonchev–Trinajstić information content (AvgIpc) is 2.96. The van der Waals surface area contributed by atoms with Gasteiger partial charge in [0, 0.05) is 31.3 Å². The van der Waals surface area contributed by atoms with E-state index in [4.69, 9.17) is 0 Å². The Bertz CT molecular complexity index is 578. The summed E-state index contributed by atoms with van der Waals surface area (Å²) in [6.45, 7) is 0.601. The summed E-state index contributed by atoms with van der Waals surface area (Å²) < 4.78 is 29.3. The van der Waals surface area contributed by atoms with Crippen LogP contribution in [0.2, 0.25) is 0 Å². The number of nitrogens with one attached hydrogen (secondary N) is 3. The van der Waals surface area contributed by atoms with Crippen LogP contribution in [0, 0.1) is 0 Å². The Morgan fingerprint density at radius 3 is 2.84 bits per heavy atom. The zero-order valence-corrected chi connectivity index (χ0v) is 11.9. The highest BCUT2D eigenvalue weighted by molar-refractivity contribution is 7.98. The molecule has 2 rings (SSSR count). The summed E-state index contributed by atoms with van der Waals surface area (Å²) in [5.41, 5.74) is 0.989. The van der Waals surface area contributed by atoms with Gasteiger partial charge in [0.2, 0.25) is 0 Å². The third-order valence-corrected chi connectivity index (χ3v) is 4.04. The molecule has 0 aliphatic carbocycles. The van der Waals surface area contributed by atoms with Crippen molar-refractivity contribution >= 4 is 33.6 Å². The minimum Gasteiger partial charge on any atom is -0.369 e. The lowest BCUT2D eigenvalue weighted by Gasteiger charge is -2.06. The van der Waals surface area contributed by atoms with Gasteiger partial charge in [-0.2, -0.15) is 20.2 Å². The van der Waals surface area contributed by atoms with Crippen molar-refractivity contribution < 1.29 is 8.42 Å². The number of likely N-dealkylation sites (N-methyl/N-ethyl adjacent to an activating group) is 1. The molecule has 0 aromatic carbocycles. The van der Waals surface area contributed by atoms with Crippen molar-refractivity contribution in [2.45, 2.75) is 5.75 Å².